The van der Waals surface area contributed by atoms with Crippen LogP contribution < -0.4 is 10.1 Å². The Labute approximate surface area is 97.6 Å². The molecule has 0 saturated heterocycles. The highest BCUT2D eigenvalue weighted by Gasteiger charge is 2.17. The van der Waals surface area contributed by atoms with E-state index in [9.17, 15) is 4.39 Å². The summed E-state index contributed by atoms with van der Waals surface area (Å²) in [6.07, 6.45) is 0. The van der Waals surface area contributed by atoms with E-state index >= 15 is 0 Å². The lowest BCUT2D eigenvalue weighted by atomic mass is 10.2. The quantitative estimate of drug-likeness (QED) is 0.875. The molecular formula is C11H12FN3O2. The van der Waals surface area contributed by atoms with Gasteiger partial charge in [0.05, 0.1) is 13.7 Å². The van der Waals surface area contributed by atoms with Crippen molar-refractivity contribution in [2.75, 3.05) is 14.2 Å². The van der Waals surface area contributed by atoms with Gasteiger partial charge in [-0.1, -0.05) is 6.07 Å². The summed E-state index contributed by atoms with van der Waals surface area (Å²) < 4.78 is 24.1. The number of ether oxygens (including phenoxy) is 1. The van der Waals surface area contributed by atoms with Gasteiger partial charge in [0, 0.05) is 0 Å². The number of nitrogens with one attached hydrogen (secondary N) is 1. The third-order valence-corrected chi connectivity index (χ3v) is 2.20. The number of aromatic nitrogens is 2. The van der Waals surface area contributed by atoms with Gasteiger partial charge in [0.15, 0.2) is 0 Å². The number of methoxy groups -OCH3 is 1. The van der Waals surface area contributed by atoms with Crippen molar-refractivity contribution in [3.8, 4) is 17.2 Å². The number of rotatable bonds is 4. The molecule has 5 nitrogen and oxygen atoms in total. The average Bonchev–Trinajstić information content (AvgIpc) is 2.77. The van der Waals surface area contributed by atoms with E-state index in [1.54, 1.807) is 19.2 Å². The van der Waals surface area contributed by atoms with Gasteiger partial charge in [-0.05, 0) is 19.2 Å². The van der Waals surface area contributed by atoms with Crippen molar-refractivity contribution in [1.82, 2.24) is 15.5 Å². The summed E-state index contributed by atoms with van der Waals surface area (Å²) in [5, 5.41) is 10.5. The minimum Gasteiger partial charge on any atom is -0.496 e. The number of hydrogen-bond donors (Lipinski definition) is 1. The first-order chi connectivity index (χ1) is 8.26. The maximum Gasteiger partial charge on any atom is 0.254 e. The Bertz CT molecular complexity index is 513. The van der Waals surface area contributed by atoms with E-state index < -0.39 is 5.82 Å². The maximum atomic E-state index is 13.7. The van der Waals surface area contributed by atoms with Crippen LogP contribution in [-0.2, 0) is 6.54 Å². The van der Waals surface area contributed by atoms with E-state index in [-0.39, 0.29) is 11.5 Å². The molecular weight excluding hydrogens is 225 g/mol. The van der Waals surface area contributed by atoms with Crippen LogP contribution in [0.4, 0.5) is 4.39 Å². The molecule has 1 aromatic carbocycles. The van der Waals surface area contributed by atoms with E-state index in [1.807, 2.05) is 0 Å². The second kappa shape index (κ2) is 4.92. The van der Waals surface area contributed by atoms with Gasteiger partial charge in [-0.15, -0.1) is 10.2 Å². The molecule has 0 fully saturated rings. The molecule has 0 radical (unpaired) electrons. The summed E-state index contributed by atoms with van der Waals surface area (Å²) in [6, 6.07) is 4.52. The van der Waals surface area contributed by atoms with Crippen molar-refractivity contribution < 1.29 is 13.5 Å². The van der Waals surface area contributed by atoms with Gasteiger partial charge >= 0.3 is 0 Å². The normalized spacial score (nSPS) is 10.5. The Morgan fingerprint density at radius 1 is 1.41 bits per heavy atom. The van der Waals surface area contributed by atoms with Gasteiger partial charge in [-0.3, -0.25) is 0 Å². The Hall–Kier alpha value is -1.95. The molecule has 0 aliphatic carbocycles. The highest BCUT2D eigenvalue weighted by atomic mass is 19.1. The van der Waals surface area contributed by atoms with Crippen molar-refractivity contribution in [3.63, 3.8) is 0 Å². The molecule has 0 atom stereocenters. The van der Waals surface area contributed by atoms with Gasteiger partial charge in [-0.2, -0.15) is 0 Å². The van der Waals surface area contributed by atoms with Crippen LogP contribution in [-0.4, -0.2) is 24.4 Å². The molecule has 2 aromatic rings. The van der Waals surface area contributed by atoms with Gasteiger partial charge in [0.2, 0.25) is 5.89 Å². The number of nitrogens with zero attached hydrogens (tertiary/aromatic N) is 2. The molecule has 0 aliphatic heterocycles. The summed E-state index contributed by atoms with van der Waals surface area (Å²) in [4.78, 5) is 0. The molecule has 6 heteroatoms. The molecule has 2 rings (SSSR count). The predicted molar refractivity (Wildman–Crippen MR) is 59.0 cm³/mol. The highest BCUT2D eigenvalue weighted by molar-refractivity contribution is 5.63. The Morgan fingerprint density at radius 2 is 2.24 bits per heavy atom. The van der Waals surface area contributed by atoms with Crippen LogP contribution in [0, 0.1) is 5.82 Å². The zero-order chi connectivity index (χ0) is 12.3. The predicted octanol–water partition coefficient (Wildman–Crippen LogP) is 1.60. The summed E-state index contributed by atoms with van der Waals surface area (Å²) in [7, 11) is 3.22. The minimum absolute atomic E-state index is 0.116. The van der Waals surface area contributed by atoms with Crippen LogP contribution in [0.2, 0.25) is 0 Å². The van der Waals surface area contributed by atoms with E-state index in [1.165, 1.54) is 13.2 Å². The standard InChI is InChI=1S/C11H12FN3O2/c1-13-6-9-14-15-11(17-9)10-7(12)4-3-5-8(10)16-2/h3-5,13H,6H2,1-2H3. The maximum absolute atomic E-state index is 13.7. The molecule has 90 valence electrons. The SMILES string of the molecule is CNCc1nnc(-c2c(F)cccc2OC)o1. The summed E-state index contributed by atoms with van der Waals surface area (Å²) in [5.74, 6) is 0.423. The lowest BCUT2D eigenvalue weighted by Crippen LogP contribution is -2.04. The van der Waals surface area contributed by atoms with Crippen LogP contribution in [0.1, 0.15) is 5.89 Å². The van der Waals surface area contributed by atoms with E-state index in [0.29, 0.717) is 18.2 Å². The van der Waals surface area contributed by atoms with Gasteiger partial charge in [0.1, 0.15) is 17.1 Å². The number of halogens is 1. The van der Waals surface area contributed by atoms with Crippen LogP contribution in [0.3, 0.4) is 0 Å². The fourth-order valence-electron chi connectivity index (χ4n) is 1.46. The van der Waals surface area contributed by atoms with Gasteiger partial charge in [-0.25, -0.2) is 4.39 Å². The smallest absolute Gasteiger partial charge is 0.254 e. The average molecular weight is 237 g/mol. The number of benzene rings is 1. The molecule has 0 unspecified atom stereocenters. The van der Waals surface area contributed by atoms with Crippen LogP contribution in [0.5, 0.6) is 5.75 Å². The van der Waals surface area contributed by atoms with Crippen LogP contribution in [0.25, 0.3) is 11.5 Å². The molecule has 1 aromatic heterocycles. The zero-order valence-electron chi connectivity index (χ0n) is 9.53. The summed E-state index contributed by atoms with van der Waals surface area (Å²) in [5.41, 5.74) is 0.185. The van der Waals surface area contributed by atoms with Crippen LogP contribution >= 0.6 is 0 Å². The van der Waals surface area contributed by atoms with Crippen molar-refractivity contribution in [2.45, 2.75) is 6.54 Å². The largest absolute Gasteiger partial charge is 0.496 e. The fourth-order valence-corrected chi connectivity index (χ4v) is 1.46. The van der Waals surface area contributed by atoms with Crippen molar-refractivity contribution >= 4 is 0 Å². The lowest BCUT2D eigenvalue weighted by Gasteiger charge is -2.04. The Morgan fingerprint density at radius 3 is 2.94 bits per heavy atom. The topological polar surface area (TPSA) is 60.2 Å². The van der Waals surface area contributed by atoms with Crippen molar-refractivity contribution in [1.29, 1.82) is 0 Å². The van der Waals surface area contributed by atoms with E-state index in [4.69, 9.17) is 9.15 Å². The minimum atomic E-state index is -0.455. The molecule has 1 N–H and O–H groups in total. The molecule has 17 heavy (non-hydrogen) atoms. The zero-order valence-corrected chi connectivity index (χ0v) is 9.53. The first kappa shape index (κ1) is 11.5. The molecule has 0 amide bonds. The molecule has 0 aliphatic rings. The van der Waals surface area contributed by atoms with Gasteiger partial charge < -0.3 is 14.5 Å². The lowest BCUT2D eigenvalue weighted by molar-refractivity contribution is 0.409. The second-order valence-corrected chi connectivity index (χ2v) is 3.35. The Balaban J connectivity index is 2.44. The van der Waals surface area contributed by atoms with E-state index in [2.05, 4.69) is 15.5 Å². The summed E-state index contributed by atoms with van der Waals surface area (Å²) in [6.45, 7) is 0.434. The van der Waals surface area contributed by atoms with Crippen molar-refractivity contribution in [3.05, 3.63) is 29.9 Å². The molecule has 1 heterocycles. The van der Waals surface area contributed by atoms with Crippen LogP contribution in [0.15, 0.2) is 22.6 Å². The molecule has 0 spiro atoms. The van der Waals surface area contributed by atoms with E-state index in [0.717, 1.165) is 0 Å². The molecule has 0 bridgehead atoms. The first-order valence-electron chi connectivity index (χ1n) is 5.06. The third-order valence-electron chi connectivity index (χ3n) is 2.20. The Kier molecular flexibility index (Phi) is 3.34. The highest BCUT2D eigenvalue weighted by Crippen LogP contribution is 2.31. The first-order valence-corrected chi connectivity index (χ1v) is 5.06. The van der Waals surface area contributed by atoms with Crippen molar-refractivity contribution in [2.24, 2.45) is 0 Å². The second-order valence-electron chi connectivity index (χ2n) is 3.35. The van der Waals surface area contributed by atoms with Gasteiger partial charge in [0.25, 0.3) is 5.89 Å². The monoisotopic (exact) mass is 237 g/mol. The summed E-state index contributed by atoms with van der Waals surface area (Å²) >= 11 is 0. The fraction of sp³-hybridized carbons (Fsp3) is 0.273. The number of hydrogen-bond acceptors (Lipinski definition) is 5. The third kappa shape index (κ3) is 2.26. The molecule has 0 saturated carbocycles.